The second kappa shape index (κ2) is 10.0. The van der Waals surface area contributed by atoms with Crippen molar-refractivity contribution in [3.63, 3.8) is 0 Å². The predicted molar refractivity (Wildman–Crippen MR) is 126 cm³/mol. The lowest BCUT2D eigenvalue weighted by Gasteiger charge is -2.35. The number of anilines is 2. The zero-order valence-corrected chi connectivity index (χ0v) is 18.9. The highest BCUT2D eigenvalue weighted by Gasteiger charge is 2.26. The van der Waals surface area contributed by atoms with Gasteiger partial charge in [-0.05, 0) is 61.7 Å². The van der Waals surface area contributed by atoms with Gasteiger partial charge in [-0.3, -0.25) is 14.5 Å². The van der Waals surface area contributed by atoms with Gasteiger partial charge in [-0.25, -0.2) is 0 Å². The molecule has 0 radical (unpaired) electrons. The largest absolute Gasteiger partial charge is 0.495 e. The molecule has 2 amide bonds. The normalized spacial score (nSPS) is 16.9. The van der Waals surface area contributed by atoms with Gasteiger partial charge in [0.15, 0.2) is 0 Å². The SMILES string of the molecule is COc1ccccc1NC(=O)C(=O)NC[C@H](c1ccc2c(c1)CCN2C)N1CCCCC1. The molecule has 7 heteroatoms. The van der Waals surface area contributed by atoms with E-state index in [0.29, 0.717) is 18.0 Å². The maximum Gasteiger partial charge on any atom is 0.313 e. The summed E-state index contributed by atoms with van der Waals surface area (Å²) in [5, 5.41) is 5.52. The van der Waals surface area contributed by atoms with Gasteiger partial charge in [-0.2, -0.15) is 0 Å². The Kier molecular flexibility index (Phi) is 6.95. The summed E-state index contributed by atoms with van der Waals surface area (Å²) in [5.74, 6) is -0.816. The molecular weight excluding hydrogens is 404 g/mol. The lowest BCUT2D eigenvalue weighted by molar-refractivity contribution is -0.136. The van der Waals surface area contributed by atoms with Crippen LogP contribution in [-0.2, 0) is 16.0 Å². The molecule has 4 rings (SSSR count). The van der Waals surface area contributed by atoms with E-state index in [9.17, 15) is 9.59 Å². The van der Waals surface area contributed by atoms with E-state index < -0.39 is 11.8 Å². The highest BCUT2D eigenvalue weighted by atomic mass is 16.5. The molecule has 7 nitrogen and oxygen atoms in total. The van der Waals surface area contributed by atoms with Gasteiger partial charge in [0.05, 0.1) is 18.8 Å². The number of hydrogen-bond donors (Lipinski definition) is 2. The molecule has 2 N–H and O–H groups in total. The number of rotatable bonds is 6. The lowest BCUT2D eigenvalue weighted by atomic mass is 9.98. The third kappa shape index (κ3) is 4.88. The highest BCUT2D eigenvalue weighted by molar-refractivity contribution is 6.39. The number of nitrogens with zero attached hydrogens (tertiary/aromatic N) is 2. The summed E-state index contributed by atoms with van der Waals surface area (Å²) in [7, 11) is 3.65. The topological polar surface area (TPSA) is 73.9 Å². The lowest BCUT2D eigenvalue weighted by Crippen LogP contribution is -2.43. The van der Waals surface area contributed by atoms with Crippen LogP contribution in [0.5, 0.6) is 5.75 Å². The molecule has 0 unspecified atom stereocenters. The number of nitrogens with one attached hydrogen (secondary N) is 2. The van der Waals surface area contributed by atoms with Gasteiger partial charge >= 0.3 is 11.8 Å². The Balaban J connectivity index is 1.45. The van der Waals surface area contributed by atoms with Crippen LogP contribution in [0.1, 0.15) is 36.4 Å². The van der Waals surface area contributed by atoms with Crippen molar-refractivity contribution in [2.75, 3.05) is 50.6 Å². The molecular formula is C25H32N4O3. The van der Waals surface area contributed by atoms with Gasteiger partial charge in [-0.15, -0.1) is 0 Å². The molecule has 0 saturated carbocycles. The summed E-state index contributed by atoms with van der Waals surface area (Å²) in [6.07, 6.45) is 4.60. The van der Waals surface area contributed by atoms with E-state index >= 15 is 0 Å². The molecule has 0 bridgehead atoms. The van der Waals surface area contributed by atoms with Gasteiger partial charge < -0.3 is 20.3 Å². The van der Waals surface area contributed by atoms with Crippen LogP contribution in [-0.4, -0.2) is 57.1 Å². The van der Waals surface area contributed by atoms with Gasteiger partial charge in [0.2, 0.25) is 0 Å². The molecule has 0 aromatic heterocycles. The molecule has 2 aliphatic rings. The van der Waals surface area contributed by atoms with Crippen molar-refractivity contribution in [3.8, 4) is 5.75 Å². The minimum absolute atomic E-state index is 0.0505. The number of likely N-dealkylation sites (N-methyl/N-ethyl adjacent to an activating group) is 1. The smallest absolute Gasteiger partial charge is 0.313 e. The van der Waals surface area contributed by atoms with Gasteiger partial charge in [-0.1, -0.05) is 30.7 Å². The zero-order chi connectivity index (χ0) is 22.5. The monoisotopic (exact) mass is 436 g/mol. The molecule has 1 saturated heterocycles. The van der Waals surface area contributed by atoms with E-state index in [1.807, 2.05) is 6.07 Å². The van der Waals surface area contributed by atoms with Crippen LogP contribution in [0, 0.1) is 0 Å². The van der Waals surface area contributed by atoms with E-state index in [4.69, 9.17) is 4.74 Å². The fourth-order valence-corrected chi connectivity index (χ4v) is 4.68. The van der Waals surface area contributed by atoms with E-state index in [1.54, 1.807) is 18.2 Å². The van der Waals surface area contributed by atoms with Crippen molar-refractivity contribution in [3.05, 3.63) is 53.6 Å². The summed E-state index contributed by atoms with van der Waals surface area (Å²) in [5.41, 5.74) is 4.32. The van der Waals surface area contributed by atoms with Crippen molar-refractivity contribution in [2.45, 2.75) is 31.7 Å². The number of benzene rings is 2. The van der Waals surface area contributed by atoms with Crippen molar-refractivity contribution >= 4 is 23.2 Å². The number of hydrogen-bond acceptors (Lipinski definition) is 5. The molecule has 32 heavy (non-hydrogen) atoms. The molecule has 1 atom stereocenters. The third-order valence-electron chi connectivity index (χ3n) is 6.46. The maximum absolute atomic E-state index is 12.6. The van der Waals surface area contributed by atoms with Crippen molar-refractivity contribution in [2.24, 2.45) is 0 Å². The molecule has 2 aromatic rings. The first-order chi connectivity index (χ1) is 15.6. The number of ether oxygens (including phenoxy) is 1. The molecule has 2 heterocycles. The number of likely N-dealkylation sites (tertiary alicyclic amines) is 1. The van der Waals surface area contributed by atoms with Crippen LogP contribution in [0.4, 0.5) is 11.4 Å². The van der Waals surface area contributed by atoms with Crippen LogP contribution in [0.3, 0.4) is 0 Å². The van der Waals surface area contributed by atoms with E-state index in [2.05, 4.69) is 45.7 Å². The maximum atomic E-state index is 12.6. The third-order valence-corrected chi connectivity index (χ3v) is 6.46. The number of methoxy groups -OCH3 is 1. The molecule has 0 aliphatic carbocycles. The van der Waals surface area contributed by atoms with E-state index in [1.165, 1.54) is 30.3 Å². The Morgan fingerprint density at radius 3 is 2.59 bits per heavy atom. The number of carbonyl (C=O) groups is 2. The first-order valence-corrected chi connectivity index (χ1v) is 11.4. The van der Waals surface area contributed by atoms with Crippen LogP contribution >= 0.6 is 0 Å². The Morgan fingerprint density at radius 2 is 1.81 bits per heavy atom. The predicted octanol–water partition coefficient (Wildman–Crippen LogP) is 2.97. The molecule has 0 spiro atoms. The molecule has 1 fully saturated rings. The average Bonchev–Trinajstić information content (AvgIpc) is 3.20. The molecule has 2 aliphatic heterocycles. The van der Waals surface area contributed by atoms with Crippen LogP contribution < -0.4 is 20.3 Å². The Bertz CT molecular complexity index is 971. The number of piperidine rings is 1. The van der Waals surface area contributed by atoms with Crippen molar-refractivity contribution in [1.82, 2.24) is 10.2 Å². The number of para-hydroxylation sites is 2. The van der Waals surface area contributed by atoms with Crippen LogP contribution in [0.2, 0.25) is 0 Å². The number of amides is 2. The van der Waals surface area contributed by atoms with Gasteiger partial charge in [0.25, 0.3) is 0 Å². The van der Waals surface area contributed by atoms with Crippen LogP contribution in [0.25, 0.3) is 0 Å². The van der Waals surface area contributed by atoms with Crippen molar-refractivity contribution in [1.29, 1.82) is 0 Å². The minimum atomic E-state index is -0.692. The van der Waals surface area contributed by atoms with E-state index in [-0.39, 0.29) is 6.04 Å². The Morgan fingerprint density at radius 1 is 1.03 bits per heavy atom. The number of carbonyl (C=O) groups excluding carboxylic acids is 2. The standard InChI is InChI=1S/C25H32N4O3/c1-28-15-12-19-16-18(10-11-21(19)28)22(29-13-6-3-7-14-29)17-26-24(30)25(31)27-20-8-4-5-9-23(20)32-2/h4-5,8-11,16,22H,3,6-7,12-15,17H2,1-2H3,(H,26,30)(H,27,31)/t22-/m1/s1. The fraction of sp³-hybridized carbons (Fsp3) is 0.440. The van der Waals surface area contributed by atoms with Gasteiger partial charge in [0, 0.05) is 25.8 Å². The average molecular weight is 437 g/mol. The highest BCUT2D eigenvalue weighted by Crippen LogP contribution is 2.32. The molecule has 2 aromatic carbocycles. The van der Waals surface area contributed by atoms with Crippen LogP contribution in [0.15, 0.2) is 42.5 Å². The fourth-order valence-electron chi connectivity index (χ4n) is 4.68. The molecule has 170 valence electrons. The van der Waals surface area contributed by atoms with Crippen molar-refractivity contribution < 1.29 is 14.3 Å². The second-order valence-corrected chi connectivity index (χ2v) is 8.54. The summed E-state index contributed by atoms with van der Waals surface area (Å²) < 4.78 is 5.25. The second-order valence-electron chi connectivity index (χ2n) is 8.54. The number of fused-ring (bicyclic) bond motifs is 1. The first kappa shape index (κ1) is 22.1. The zero-order valence-electron chi connectivity index (χ0n) is 18.9. The minimum Gasteiger partial charge on any atom is -0.495 e. The Labute approximate surface area is 189 Å². The summed E-state index contributed by atoms with van der Waals surface area (Å²) in [6, 6.07) is 13.7. The summed E-state index contributed by atoms with van der Waals surface area (Å²) >= 11 is 0. The Hall–Kier alpha value is -3.06. The summed E-state index contributed by atoms with van der Waals surface area (Å²) in [4.78, 5) is 29.8. The quantitative estimate of drug-likeness (QED) is 0.681. The van der Waals surface area contributed by atoms with Gasteiger partial charge in [0.1, 0.15) is 5.75 Å². The summed E-state index contributed by atoms with van der Waals surface area (Å²) in [6.45, 7) is 3.44. The first-order valence-electron chi connectivity index (χ1n) is 11.4. The van der Waals surface area contributed by atoms with E-state index in [0.717, 1.165) is 38.9 Å².